The predicted molar refractivity (Wildman–Crippen MR) is 117 cm³/mol. The van der Waals surface area contributed by atoms with Crippen molar-refractivity contribution < 1.29 is 18.7 Å². The fraction of sp³-hybridized carbons (Fsp3) is 0.0870. The molecule has 31 heavy (non-hydrogen) atoms. The number of imidazole rings is 1. The largest absolute Gasteiger partial charge is 0.442 e. The first-order chi connectivity index (χ1) is 15.1. The molecule has 0 spiro atoms. The zero-order chi connectivity index (χ0) is 21.8. The Hall–Kier alpha value is -3.65. The number of benzene rings is 2. The van der Waals surface area contributed by atoms with Crippen LogP contribution in [0.5, 0.6) is 0 Å². The molecule has 2 heterocycles. The zero-order valence-electron chi connectivity index (χ0n) is 16.5. The average Bonchev–Trinajstić information content (AvgIpc) is 3.18. The predicted octanol–water partition coefficient (Wildman–Crippen LogP) is 4.73. The van der Waals surface area contributed by atoms with Crippen LogP contribution in [0.4, 0.5) is 10.1 Å². The number of esters is 1. The van der Waals surface area contributed by atoms with Crippen LogP contribution < -0.4 is 5.32 Å². The number of fused-ring (bicyclic) bond motifs is 1. The molecule has 0 bridgehead atoms. The van der Waals surface area contributed by atoms with Crippen LogP contribution in [0.3, 0.4) is 0 Å². The van der Waals surface area contributed by atoms with E-state index in [2.05, 4.69) is 10.3 Å². The third kappa shape index (κ3) is 4.44. The van der Waals surface area contributed by atoms with Gasteiger partial charge in [-0.05, 0) is 42.7 Å². The van der Waals surface area contributed by atoms with Crippen LogP contribution in [0.15, 0.2) is 84.1 Å². The van der Waals surface area contributed by atoms with Gasteiger partial charge in [-0.1, -0.05) is 48.2 Å². The molecule has 1 N–H and O–H groups in total. The molecule has 0 aliphatic rings. The van der Waals surface area contributed by atoms with Crippen molar-refractivity contribution in [3.8, 4) is 0 Å². The second-order valence-electron chi connectivity index (χ2n) is 6.60. The molecule has 1 atom stereocenters. The summed E-state index contributed by atoms with van der Waals surface area (Å²) in [7, 11) is 0. The average molecular weight is 435 g/mol. The van der Waals surface area contributed by atoms with Gasteiger partial charge in [0.05, 0.1) is 5.52 Å². The molecular formula is C23H18FN3O3S. The molecule has 1 unspecified atom stereocenters. The van der Waals surface area contributed by atoms with Crippen LogP contribution in [0.1, 0.15) is 22.2 Å². The van der Waals surface area contributed by atoms with E-state index in [0.29, 0.717) is 21.9 Å². The maximum absolute atomic E-state index is 13.2. The van der Waals surface area contributed by atoms with E-state index >= 15 is 0 Å². The smallest absolute Gasteiger partial charge is 0.360 e. The molecule has 0 fully saturated rings. The second kappa shape index (κ2) is 9.01. The summed E-state index contributed by atoms with van der Waals surface area (Å²) < 4.78 is 20.6. The Morgan fingerprint density at radius 3 is 2.45 bits per heavy atom. The molecule has 0 saturated carbocycles. The first-order valence-electron chi connectivity index (χ1n) is 9.40. The van der Waals surface area contributed by atoms with Gasteiger partial charge in [-0.15, -0.1) is 0 Å². The van der Waals surface area contributed by atoms with E-state index in [1.165, 1.54) is 36.0 Å². The van der Waals surface area contributed by atoms with Gasteiger partial charge < -0.3 is 10.1 Å². The third-order valence-electron chi connectivity index (χ3n) is 4.57. The van der Waals surface area contributed by atoms with Crippen molar-refractivity contribution in [3.05, 3.63) is 96.1 Å². The summed E-state index contributed by atoms with van der Waals surface area (Å²) in [5.74, 6) is -1.69. The van der Waals surface area contributed by atoms with Gasteiger partial charge in [0.25, 0.3) is 5.91 Å². The lowest BCUT2D eigenvalue weighted by atomic mass is 10.1. The molecule has 4 rings (SSSR count). The highest BCUT2D eigenvalue weighted by molar-refractivity contribution is 7.98. The minimum atomic E-state index is -1.21. The van der Waals surface area contributed by atoms with Crippen molar-refractivity contribution in [1.29, 1.82) is 0 Å². The molecule has 0 saturated heterocycles. The van der Waals surface area contributed by atoms with Gasteiger partial charge >= 0.3 is 5.97 Å². The van der Waals surface area contributed by atoms with E-state index < -0.39 is 23.8 Å². The van der Waals surface area contributed by atoms with Crippen molar-refractivity contribution in [3.63, 3.8) is 0 Å². The summed E-state index contributed by atoms with van der Waals surface area (Å²) in [5, 5.41) is 3.30. The number of pyridine rings is 1. The number of aromatic nitrogens is 2. The van der Waals surface area contributed by atoms with Crippen LogP contribution >= 0.6 is 11.8 Å². The number of anilines is 1. The van der Waals surface area contributed by atoms with Crippen molar-refractivity contribution in [2.24, 2.45) is 0 Å². The van der Waals surface area contributed by atoms with Crippen molar-refractivity contribution in [2.75, 3.05) is 11.6 Å². The number of hydrogen-bond acceptors (Lipinski definition) is 5. The topological polar surface area (TPSA) is 72.7 Å². The first kappa shape index (κ1) is 20.6. The highest BCUT2D eigenvalue weighted by Gasteiger charge is 2.28. The van der Waals surface area contributed by atoms with Crippen LogP contribution in [0, 0.1) is 5.82 Å². The van der Waals surface area contributed by atoms with E-state index in [1.807, 2.05) is 12.3 Å². The van der Waals surface area contributed by atoms with Crippen molar-refractivity contribution in [2.45, 2.75) is 11.3 Å². The van der Waals surface area contributed by atoms with E-state index in [-0.39, 0.29) is 5.69 Å². The molecule has 0 aliphatic heterocycles. The molecule has 2 aromatic carbocycles. The van der Waals surface area contributed by atoms with E-state index in [1.54, 1.807) is 53.1 Å². The molecule has 6 nitrogen and oxygen atoms in total. The molecule has 8 heteroatoms. The van der Waals surface area contributed by atoms with Crippen LogP contribution in [0.25, 0.3) is 5.52 Å². The number of hydrogen-bond donors (Lipinski definition) is 1. The number of nitrogens with zero attached hydrogens (tertiary/aromatic N) is 2. The molecule has 1 amide bonds. The van der Waals surface area contributed by atoms with Gasteiger partial charge in [0.2, 0.25) is 6.10 Å². The van der Waals surface area contributed by atoms with E-state index in [9.17, 15) is 14.0 Å². The lowest BCUT2D eigenvalue weighted by Crippen LogP contribution is -2.26. The number of rotatable bonds is 6. The minimum absolute atomic E-state index is 0.125. The van der Waals surface area contributed by atoms with Crippen molar-refractivity contribution in [1.82, 2.24) is 9.38 Å². The third-order valence-corrected chi connectivity index (χ3v) is 5.22. The molecule has 4 aromatic rings. The molecule has 2 aromatic heterocycles. The van der Waals surface area contributed by atoms with Crippen molar-refractivity contribution >= 4 is 34.8 Å². The number of nitrogens with one attached hydrogen (secondary N) is 1. The van der Waals surface area contributed by atoms with Gasteiger partial charge in [-0.2, -0.15) is 0 Å². The van der Waals surface area contributed by atoms with E-state index in [4.69, 9.17) is 4.74 Å². The quantitative estimate of drug-likeness (QED) is 0.350. The van der Waals surface area contributed by atoms with Crippen LogP contribution in [-0.2, 0) is 9.53 Å². The summed E-state index contributed by atoms with van der Waals surface area (Å²) in [6.45, 7) is 0. The summed E-state index contributed by atoms with van der Waals surface area (Å²) in [6.07, 6.45) is 2.46. The fourth-order valence-electron chi connectivity index (χ4n) is 3.11. The summed E-state index contributed by atoms with van der Waals surface area (Å²) in [5.41, 5.74) is 1.60. The number of halogens is 1. The Labute approximate surface area is 182 Å². The first-order valence-corrected chi connectivity index (χ1v) is 10.6. The SMILES string of the molecule is CSc1nc(C(=O)OC(C(=O)Nc2ccc(F)cc2)c2ccccc2)c2ccccn12. The normalized spacial score (nSPS) is 11.8. The number of carbonyl (C=O) groups is 2. The number of carbonyl (C=O) groups excluding carboxylic acids is 2. The molecule has 156 valence electrons. The highest BCUT2D eigenvalue weighted by Crippen LogP contribution is 2.25. The number of thioether (sulfide) groups is 1. The Morgan fingerprint density at radius 1 is 1.03 bits per heavy atom. The lowest BCUT2D eigenvalue weighted by molar-refractivity contribution is -0.125. The highest BCUT2D eigenvalue weighted by atomic mass is 32.2. The van der Waals surface area contributed by atoms with Gasteiger partial charge in [0, 0.05) is 17.4 Å². The van der Waals surface area contributed by atoms with Crippen LogP contribution in [0.2, 0.25) is 0 Å². The minimum Gasteiger partial charge on any atom is -0.442 e. The van der Waals surface area contributed by atoms with E-state index in [0.717, 1.165) is 0 Å². The Bertz CT molecular complexity index is 1230. The van der Waals surface area contributed by atoms with Gasteiger partial charge in [0.1, 0.15) is 5.82 Å². The molecule has 0 aliphatic carbocycles. The Morgan fingerprint density at radius 2 is 1.74 bits per heavy atom. The number of ether oxygens (including phenoxy) is 1. The summed E-state index contributed by atoms with van der Waals surface area (Å²) in [4.78, 5) is 30.4. The standard InChI is InChI=1S/C23H18FN3O3S/c1-31-23-26-19(18-9-5-6-14-27(18)23)22(29)30-20(15-7-3-2-4-8-15)21(28)25-17-12-10-16(24)11-13-17/h2-14,20H,1H3,(H,25,28). The van der Waals surface area contributed by atoms with Gasteiger partial charge in [-0.25, -0.2) is 14.2 Å². The second-order valence-corrected chi connectivity index (χ2v) is 7.37. The number of amides is 1. The maximum atomic E-state index is 13.2. The fourth-order valence-corrected chi connectivity index (χ4v) is 3.65. The van der Waals surface area contributed by atoms with Gasteiger partial charge in [-0.3, -0.25) is 9.20 Å². The Kier molecular flexibility index (Phi) is 5.99. The molecule has 0 radical (unpaired) electrons. The maximum Gasteiger partial charge on any atom is 0.360 e. The lowest BCUT2D eigenvalue weighted by Gasteiger charge is -2.17. The van der Waals surface area contributed by atoms with Crippen LogP contribution in [-0.4, -0.2) is 27.5 Å². The Balaban J connectivity index is 1.64. The molecular weight excluding hydrogens is 417 g/mol. The zero-order valence-corrected chi connectivity index (χ0v) is 17.3. The summed E-state index contributed by atoms with van der Waals surface area (Å²) in [6, 6.07) is 19.4. The monoisotopic (exact) mass is 435 g/mol. The van der Waals surface area contributed by atoms with Gasteiger partial charge in [0.15, 0.2) is 10.9 Å². The summed E-state index contributed by atoms with van der Waals surface area (Å²) >= 11 is 1.40.